The Bertz CT molecular complexity index is 963. The average Bonchev–Trinajstić information content (AvgIpc) is 3.41. The number of ether oxygens (including phenoxy) is 1. The van der Waals surface area contributed by atoms with Crippen molar-refractivity contribution in [1.29, 1.82) is 0 Å². The van der Waals surface area contributed by atoms with Gasteiger partial charge in [0.1, 0.15) is 0 Å². The van der Waals surface area contributed by atoms with Crippen LogP contribution in [-0.4, -0.2) is 38.1 Å². The minimum Gasteiger partial charge on any atom is -0.699 e. The van der Waals surface area contributed by atoms with E-state index < -0.39 is 24.9 Å². The van der Waals surface area contributed by atoms with Crippen LogP contribution in [0.5, 0.6) is 0 Å². The van der Waals surface area contributed by atoms with Crippen LogP contribution in [0.3, 0.4) is 0 Å². The molecule has 0 amide bonds. The standard InChI is InChI=1S/C26H40N2Si.C6H18NSi2.C4H8O.Y/c1-17(2)21-13-11-14-22(18(3)4)25(21)27-29(9,10)28-26-23(19(5)6)15-12-16-24(26)20(7)8;1-8(2,3)7-9(4,5)6;1-2-4-5-3-1;/h11-20H,1-10H3;1-6H3;1-4H2;/q-2;-1;;+3. The van der Waals surface area contributed by atoms with Crippen molar-refractivity contribution in [3.8, 4) is 0 Å². The SMILES string of the molecule is C1CCOC1.CC(C)c1cccc(C(C)C)c1[N-][Si](C)(C)[N-]c1c(C(C)C)cccc1C(C)C.C[Si](C)(C)[N-][Si](C)(C)C.[Y+3]. The summed E-state index contributed by atoms with van der Waals surface area (Å²) in [6, 6.07) is 13.3. The minimum atomic E-state index is -2.24. The molecule has 0 saturated carbocycles. The molecule has 1 saturated heterocycles. The molecule has 1 fully saturated rings. The van der Waals surface area contributed by atoms with Crippen LogP contribution in [0.2, 0.25) is 52.4 Å². The van der Waals surface area contributed by atoms with Crippen LogP contribution in [-0.2, 0) is 37.4 Å². The maximum Gasteiger partial charge on any atom is 3.00 e. The molecule has 0 aliphatic carbocycles. The Balaban J connectivity index is 0.00000101. The molecule has 1 aliphatic heterocycles. The van der Waals surface area contributed by atoms with Gasteiger partial charge in [0, 0.05) is 13.2 Å². The molecular formula is C36H66N3OSi3Y. The van der Waals surface area contributed by atoms with Crippen LogP contribution in [0.1, 0.15) is 114 Å². The van der Waals surface area contributed by atoms with E-state index in [2.05, 4.69) is 144 Å². The van der Waals surface area contributed by atoms with Crippen LogP contribution in [0.25, 0.3) is 14.6 Å². The Morgan fingerprint density at radius 3 is 0.955 bits per heavy atom. The first-order valence-electron chi connectivity index (χ1n) is 16.7. The van der Waals surface area contributed by atoms with E-state index in [-0.39, 0.29) is 32.7 Å². The van der Waals surface area contributed by atoms with Crippen LogP contribution in [0.4, 0.5) is 11.4 Å². The zero-order chi connectivity index (χ0) is 33.2. The molecule has 1 heterocycles. The van der Waals surface area contributed by atoms with Crippen molar-refractivity contribution in [3.63, 3.8) is 0 Å². The van der Waals surface area contributed by atoms with Crippen molar-refractivity contribution >= 4 is 36.2 Å². The molecule has 0 aromatic heterocycles. The van der Waals surface area contributed by atoms with E-state index >= 15 is 0 Å². The summed E-state index contributed by atoms with van der Waals surface area (Å²) in [6.07, 6.45) is 2.56. The molecule has 2 aromatic carbocycles. The number of benzene rings is 2. The second-order valence-electron chi connectivity index (χ2n) is 15.7. The molecular weight excluding hydrogens is 664 g/mol. The van der Waals surface area contributed by atoms with Crippen LogP contribution < -0.4 is 0 Å². The molecule has 246 valence electrons. The monoisotopic (exact) mass is 729 g/mol. The largest absolute Gasteiger partial charge is 3.00 e. The quantitative estimate of drug-likeness (QED) is 0.225. The van der Waals surface area contributed by atoms with E-state index in [4.69, 9.17) is 19.3 Å². The summed E-state index contributed by atoms with van der Waals surface area (Å²) in [5.74, 6) is 1.80. The Hall–Kier alpha value is -0.285. The summed E-state index contributed by atoms with van der Waals surface area (Å²) in [4.78, 5) is 10.8. The molecule has 3 rings (SSSR count). The molecule has 0 spiro atoms. The molecule has 8 heteroatoms. The molecule has 0 bridgehead atoms. The molecule has 0 unspecified atom stereocenters. The van der Waals surface area contributed by atoms with Gasteiger partial charge in [-0.25, -0.2) is 0 Å². The van der Waals surface area contributed by atoms with Gasteiger partial charge in [0.25, 0.3) is 0 Å². The maximum atomic E-state index is 5.40. The van der Waals surface area contributed by atoms with Gasteiger partial charge in [0.2, 0.25) is 0 Å². The fourth-order valence-electron chi connectivity index (χ4n) is 5.37. The summed E-state index contributed by atoms with van der Waals surface area (Å²) in [5.41, 5.74) is 7.74. The van der Waals surface area contributed by atoms with Crippen LogP contribution >= 0.6 is 0 Å². The van der Waals surface area contributed by atoms with Crippen molar-refractivity contribution in [1.82, 2.24) is 0 Å². The summed E-state index contributed by atoms with van der Waals surface area (Å²) in [6.45, 7) is 38.4. The third-order valence-corrected chi connectivity index (χ3v) is 13.9. The third-order valence-electron chi connectivity index (χ3n) is 6.95. The zero-order valence-corrected chi connectivity index (χ0v) is 37.3. The summed E-state index contributed by atoms with van der Waals surface area (Å²) >= 11 is 0. The maximum absolute atomic E-state index is 5.40. The van der Waals surface area contributed by atoms with Crippen molar-refractivity contribution in [3.05, 3.63) is 73.3 Å². The number of hydrogen-bond acceptors (Lipinski definition) is 1. The van der Waals surface area contributed by atoms with E-state index in [1.165, 1.54) is 46.5 Å². The van der Waals surface area contributed by atoms with Crippen molar-refractivity contribution < 1.29 is 37.4 Å². The molecule has 4 nitrogen and oxygen atoms in total. The molecule has 44 heavy (non-hydrogen) atoms. The normalized spacial score (nSPS) is 13.7. The van der Waals surface area contributed by atoms with E-state index in [0.29, 0.717) is 23.7 Å². The van der Waals surface area contributed by atoms with Gasteiger partial charge in [0.05, 0.1) is 0 Å². The van der Waals surface area contributed by atoms with Gasteiger partial charge in [-0.3, -0.25) is 0 Å². The molecule has 1 aliphatic rings. The predicted molar refractivity (Wildman–Crippen MR) is 203 cm³/mol. The molecule has 0 atom stereocenters. The van der Waals surface area contributed by atoms with Crippen LogP contribution in [0.15, 0.2) is 36.4 Å². The predicted octanol–water partition coefficient (Wildman–Crippen LogP) is 13.4. The molecule has 2 aromatic rings. The second kappa shape index (κ2) is 19.5. The number of nitrogens with zero attached hydrogens (tertiary/aromatic N) is 3. The Labute approximate surface area is 302 Å². The van der Waals surface area contributed by atoms with Crippen molar-refractivity contribution in [2.75, 3.05) is 13.2 Å². The van der Waals surface area contributed by atoms with E-state index in [1.807, 2.05) is 0 Å². The first kappa shape index (κ1) is 43.7. The first-order chi connectivity index (χ1) is 19.6. The van der Waals surface area contributed by atoms with E-state index in [9.17, 15) is 0 Å². The Morgan fingerprint density at radius 2 is 0.795 bits per heavy atom. The fourth-order valence-corrected chi connectivity index (χ4v) is 15.1. The van der Waals surface area contributed by atoms with E-state index in [0.717, 1.165) is 13.2 Å². The van der Waals surface area contributed by atoms with Gasteiger partial charge < -0.3 is 19.3 Å². The fraction of sp³-hybridized carbons (Fsp3) is 0.667. The Kier molecular flexibility index (Phi) is 19.4. The summed E-state index contributed by atoms with van der Waals surface area (Å²) < 4.78 is 9.76. The third kappa shape index (κ3) is 16.5. The van der Waals surface area contributed by atoms with Gasteiger partial charge in [0.15, 0.2) is 0 Å². The van der Waals surface area contributed by atoms with Gasteiger partial charge in [-0.05, 0) is 36.5 Å². The summed E-state index contributed by atoms with van der Waals surface area (Å²) in [7, 11) is -4.46. The van der Waals surface area contributed by atoms with Gasteiger partial charge in [-0.1, -0.05) is 170 Å². The smallest absolute Gasteiger partial charge is 0.699 e. The second-order valence-corrected chi connectivity index (χ2v) is 28.7. The van der Waals surface area contributed by atoms with Crippen molar-refractivity contribution in [2.45, 2.75) is 144 Å². The van der Waals surface area contributed by atoms with Gasteiger partial charge in [-0.2, -0.15) is 0 Å². The molecule has 0 radical (unpaired) electrons. The topological polar surface area (TPSA) is 51.5 Å². The van der Waals surface area contributed by atoms with Crippen molar-refractivity contribution in [2.24, 2.45) is 0 Å². The van der Waals surface area contributed by atoms with E-state index in [1.54, 1.807) is 0 Å². The van der Waals surface area contributed by atoms with Gasteiger partial charge in [-0.15, -0.1) is 32.9 Å². The summed E-state index contributed by atoms with van der Waals surface area (Å²) in [5, 5.41) is 0. The minimum absolute atomic E-state index is 0. The van der Waals surface area contributed by atoms with Gasteiger partial charge >= 0.3 is 32.7 Å². The first-order valence-corrected chi connectivity index (χ1v) is 26.5. The number of rotatable bonds is 10. The van der Waals surface area contributed by atoms with Crippen LogP contribution in [0, 0.1) is 0 Å². The number of hydrogen-bond donors (Lipinski definition) is 0. The Morgan fingerprint density at radius 1 is 0.523 bits per heavy atom. The zero-order valence-electron chi connectivity index (χ0n) is 31.4. The molecule has 0 N–H and O–H groups in total. The average molecular weight is 730 g/mol.